The molecule has 12 nitrogen and oxygen atoms in total. The highest BCUT2D eigenvalue weighted by Crippen LogP contribution is 2.38. The summed E-state index contributed by atoms with van der Waals surface area (Å²) in [7, 11) is 7.70. The van der Waals surface area contributed by atoms with Crippen LogP contribution in [0.4, 0.5) is 38.9 Å². The van der Waals surface area contributed by atoms with Gasteiger partial charge in [-0.25, -0.2) is 4.39 Å². The van der Waals surface area contributed by atoms with E-state index in [2.05, 4.69) is 52.3 Å². The number of likely N-dealkylation sites (N-methyl/N-ethyl adjacent to an activating group) is 1. The van der Waals surface area contributed by atoms with Gasteiger partial charge in [0.25, 0.3) is 0 Å². The number of aromatic nitrogens is 5. The second kappa shape index (κ2) is 12.6. The van der Waals surface area contributed by atoms with E-state index in [1.165, 1.54) is 6.07 Å². The summed E-state index contributed by atoms with van der Waals surface area (Å²) in [5.74, 6) is 1.08. The molecule has 2 saturated heterocycles. The normalized spacial score (nSPS) is 16.7. The molecular formula is C33H40FN11O. The van der Waals surface area contributed by atoms with Gasteiger partial charge in [-0.1, -0.05) is 0 Å². The van der Waals surface area contributed by atoms with Crippen molar-refractivity contribution >= 4 is 56.6 Å². The molecule has 0 atom stereocenters. The van der Waals surface area contributed by atoms with Gasteiger partial charge in [-0.15, -0.1) is 0 Å². The summed E-state index contributed by atoms with van der Waals surface area (Å²) >= 11 is 0. The first-order valence-corrected chi connectivity index (χ1v) is 15.7. The van der Waals surface area contributed by atoms with Crippen molar-refractivity contribution in [2.75, 3.05) is 88.0 Å². The van der Waals surface area contributed by atoms with Crippen LogP contribution in [0.5, 0.6) is 5.75 Å². The van der Waals surface area contributed by atoms with Gasteiger partial charge in [-0.05, 0) is 38.1 Å². The van der Waals surface area contributed by atoms with Gasteiger partial charge in [0, 0.05) is 90.1 Å². The highest BCUT2D eigenvalue weighted by atomic mass is 19.1. The molecule has 240 valence electrons. The zero-order chi connectivity index (χ0) is 31.8. The summed E-state index contributed by atoms with van der Waals surface area (Å²) < 4.78 is 21.5. The number of fused-ring (bicyclic) bond motifs is 2. The lowest BCUT2D eigenvalue weighted by atomic mass is 10.0. The molecule has 3 N–H and O–H groups in total. The number of aromatic amines is 1. The summed E-state index contributed by atoms with van der Waals surface area (Å²) in [4.78, 5) is 30.8. The van der Waals surface area contributed by atoms with Crippen molar-refractivity contribution in [3.63, 3.8) is 0 Å². The molecule has 0 bridgehead atoms. The quantitative estimate of drug-likeness (QED) is 0.221. The van der Waals surface area contributed by atoms with Crippen molar-refractivity contribution in [2.45, 2.75) is 18.9 Å². The van der Waals surface area contributed by atoms with Crippen LogP contribution in [0.25, 0.3) is 22.1 Å². The van der Waals surface area contributed by atoms with Crippen LogP contribution in [-0.2, 0) is 0 Å². The van der Waals surface area contributed by atoms with Gasteiger partial charge in [0.1, 0.15) is 28.5 Å². The Balaban J connectivity index is 1.13. The molecule has 0 radical (unpaired) electrons. The number of nitrogens with zero attached hydrogens (tertiary/aromatic N) is 8. The fourth-order valence-corrected chi connectivity index (χ4v) is 6.63. The van der Waals surface area contributed by atoms with Crippen LogP contribution in [0.3, 0.4) is 0 Å². The second-order valence-electron chi connectivity index (χ2n) is 12.2. The second-order valence-corrected chi connectivity index (χ2v) is 12.2. The van der Waals surface area contributed by atoms with Crippen molar-refractivity contribution in [3.05, 3.63) is 54.7 Å². The summed E-state index contributed by atoms with van der Waals surface area (Å²) in [5.41, 5.74) is 4.90. The third-order valence-corrected chi connectivity index (χ3v) is 9.10. The third kappa shape index (κ3) is 5.83. The number of anilines is 6. The van der Waals surface area contributed by atoms with Gasteiger partial charge >= 0.3 is 0 Å². The Morgan fingerprint density at radius 1 is 0.935 bits per heavy atom. The average Bonchev–Trinajstić information content (AvgIpc) is 3.54. The Morgan fingerprint density at radius 3 is 2.48 bits per heavy atom. The van der Waals surface area contributed by atoms with Crippen molar-refractivity contribution in [1.82, 2.24) is 34.7 Å². The Kier molecular flexibility index (Phi) is 8.18. The SMILES string of the molecule is COc1cc(N2CCC(N3CCN(C)CC3)CC2)c(F)cc1Nc1nc(Nc2ccc3nccnc3c2N(C)C)c2cc[nH]c2n1. The molecule has 2 aromatic carbocycles. The Labute approximate surface area is 267 Å². The van der Waals surface area contributed by atoms with E-state index in [-0.39, 0.29) is 5.82 Å². The number of hydrogen-bond donors (Lipinski definition) is 3. The fraction of sp³-hybridized carbons (Fsp3) is 0.394. The molecule has 7 rings (SSSR count). The van der Waals surface area contributed by atoms with Gasteiger partial charge in [0.05, 0.1) is 40.8 Å². The summed E-state index contributed by atoms with van der Waals surface area (Å²) in [6.45, 7) is 6.03. The Morgan fingerprint density at radius 2 is 1.72 bits per heavy atom. The maximum Gasteiger partial charge on any atom is 0.231 e. The minimum absolute atomic E-state index is 0.294. The van der Waals surface area contributed by atoms with E-state index < -0.39 is 0 Å². The van der Waals surface area contributed by atoms with Crippen LogP contribution in [0, 0.1) is 5.82 Å². The molecular weight excluding hydrogens is 585 g/mol. The number of piperidine rings is 1. The van der Waals surface area contributed by atoms with Crippen molar-refractivity contribution in [2.24, 2.45) is 0 Å². The maximum atomic E-state index is 15.7. The van der Waals surface area contributed by atoms with E-state index in [1.54, 1.807) is 25.6 Å². The standard InChI is InChI=1S/C33H40FN11O/c1-42(2)30-25(6-5-24-29(30)36-12-11-35-24)38-32-22-7-10-37-31(22)40-33(41-32)39-26-19-23(34)27(20-28(26)46-4)45-13-8-21(9-14-45)44-17-15-43(3)16-18-44/h5-7,10-12,19-21H,8-9,13-18H2,1-4H3,(H3,37,38,39,40,41). The lowest BCUT2D eigenvalue weighted by molar-refractivity contribution is 0.0981. The largest absolute Gasteiger partial charge is 0.494 e. The molecule has 46 heavy (non-hydrogen) atoms. The number of hydrogen-bond acceptors (Lipinski definition) is 11. The fourth-order valence-electron chi connectivity index (χ4n) is 6.63. The molecule has 2 aliphatic rings. The number of nitrogens with one attached hydrogen (secondary N) is 3. The molecule has 13 heteroatoms. The van der Waals surface area contributed by atoms with Crippen LogP contribution in [0.15, 0.2) is 48.9 Å². The zero-order valence-electron chi connectivity index (χ0n) is 26.7. The highest BCUT2D eigenvalue weighted by molar-refractivity contribution is 5.99. The van der Waals surface area contributed by atoms with Crippen LogP contribution in [0.2, 0.25) is 0 Å². The van der Waals surface area contributed by atoms with E-state index in [9.17, 15) is 0 Å². The van der Waals surface area contributed by atoms with Gasteiger partial charge in [0.15, 0.2) is 0 Å². The predicted octanol–water partition coefficient (Wildman–Crippen LogP) is 4.82. The lowest BCUT2D eigenvalue weighted by Crippen LogP contribution is -2.52. The molecule has 5 heterocycles. The van der Waals surface area contributed by atoms with Gasteiger partial charge in [-0.2, -0.15) is 9.97 Å². The van der Waals surface area contributed by atoms with Crippen LogP contribution in [0.1, 0.15) is 12.8 Å². The molecule has 2 aliphatic heterocycles. The minimum atomic E-state index is -0.312. The van der Waals surface area contributed by atoms with E-state index in [0.29, 0.717) is 40.6 Å². The van der Waals surface area contributed by atoms with E-state index in [4.69, 9.17) is 9.72 Å². The first kappa shape index (κ1) is 29.9. The number of rotatable bonds is 8. The average molecular weight is 626 g/mol. The number of ether oxygens (including phenoxy) is 1. The minimum Gasteiger partial charge on any atom is -0.494 e. The molecule has 2 fully saturated rings. The Bertz CT molecular complexity index is 1850. The summed E-state index contributed by atoms with van der Waals surface area (Å²) in [5, 5.41) is 7.51. The van der Waals surface area contributed by atoms with E-state index in [0.717, 1.165) is 79.9 Å². The molecule has 5 aromatic rings. The third-order valence-electron chi connectivity index (χ3n) is 9.10. The molecule has 0 spiro atoms. The lowest BCUT2D eigenvalue weighted by Gasteiger charge is -2.42. The Hall–Kier alpha value is -4.75. The van der Waals surface area contributed by atoms with Crippen molar-refractivity contribution in [1.29, 1.82) is 0 Å². The maximum absolute atomic E-state index is 15.7. The number of benzene rings is 2. The number of H-pyrrole nitrogens is 1. The summed E-state index contributed by atoms with van der Waals surface area (Å²) in [6.07, 6.45) is 7.22. The van der Waals surface area contributed by atoms with Gasteiger partial charge in [0.2, 0.25) is 5.95 Å². The topological polar surface area (TPSA) is 114 Å². The first-order valence-electron chi connectivity index (χ1n) is 15.7. The van der Waals surface area contributed by atoms with Crippen LogP contribution < -0.4 is 25.2 Å². The predicted molar refractivity (Wildman–Crippen MR) is 182 cm³/mol. The van der Waals surface area contributed by atoms with Crippen LogP contribution >= 0.6 is 0 Å². The number of halogens is 1. The van der Waals surface area contributed by atoms with Crippen LogP contribution in [-0.4, -0.2) is 108 Å². The number of piperazine rings is 1. The summed E-state index contributed by atoms with van der Waals surface area (Å²) in [6, 6.07) is 9.61. The van der Waals surface area contributed by atoms with Crippen molar-refractivity contribution in [3.8, 4) is 5.75 Å². The van der Waals surface area contributed by atoms with Crippen molar-refractivity contribution < 1.29 is 9.13 Å². The van der Waals surface area contributed by atoms with E-state index in [1.807, 2.05) is 43.4 Å². The zero-order valence-corrected chi connectivity index (χ0v) is 26.7. The van der Waals surface area contributed by atoms with Gasteiger partial charge in [-0.3, -0.25) is 14.9 Å². The molecule has 0 unspecified atom stereocenters. The smallest absolute Gasteiger partial charge is 0.231 e. The molecule has 3 aromatic heterocycles. The first-order chi connectivity index (χ1) is 22.4. The molecule has 0 amide bonds. The van der Waals surface area contributed by atoms with E-state index >= 15 is 4.39 Å². The highest BCUT2D eigenvalue weighted by Gasteiger charge is 2.28. The molecule has 0 saturated carbocycles. The molecule has 0 aliphatic carbocycles. The van der Waals surface area contributed by atoms with Gasteiger partial charge < -0.3 is 35.1 Å². The monoisotopic (exact) mass is 625 g/mol. The number of methoxy groups -OCH3 is 1.